The highest BCUT2D eigenvalue weighted by atomic mass is 16.6. The van der Waals surface area contributed by atoms with Crippen molar-refractivity contribution in [3.8, 4) is 5.75 Å². The molecule has 1 aromatic rings. The van der Waals surface area contributed by atoms with Gasteiger partial charge in [-0.15, -0.1) is 0 Å². The predicted octanol–water partition coefficient (Wildman–Crippen LogP) is 1.79. The summed E-state index contributed by atoms with van der Waals surface area (Å²) in [4.78, 5) is 23.1. The molecule has 8 heteroatoms. The standard InChI is InChI=1S/C18H27NO7/c1-18(2,3)26-17(23)19-9-8-13(20)15(21)12-7-6-11(16(22)25-5)10-14(12)24-4/h6-7,10,13,15,20-21H,8-9H2,1-5H3,(H,19,23). The fraction of sp³-hybridized carbons (Fsp3) is 0.556. The fourth-order valence-corrected chi connectivity index (χ4v) is 2.20. The van der Waals surface area contributed by atoms with E-state index in [-0.39, 0.29) is 24.3 Å². The summed E-state index contributed by atoms with van der Waals surface area (Å²) < 4.78 is 14.9. The summed E-state index contributed by atoms with van der Waals surface area (Å²) in [6.07, 6.45) is -2.90. The molecule has 0 heterocycles. The number of esters is 1. The Bertz CT molecular complexity index is 624. The maximum atomic E-state index is 11.6. The van der Waals surface area contributed by atoms with E-state index in [4.69, 9.17) is 9.47 Å². The van der Waals surface area contributed by atoms with E-state index in [9.17, 15) is 19.8 Å². The Morgan fingerprint density at radius 2 is 1.85 bits per heavy atom. The molecule has 1 aromatic carbocycles. The third-order valence-corrected chi connectivity index (χ3v) is 3.45. The van der Waals surface area contributed by atoms with Gasteiger partial charge in [0.05, 0.1) is 25.9 Å². The van der Waals surface area contributed by atoms with Crippen LogP contribution in [0.4, 0.5) is 4.79 Å². The zero-order valence-corrected chi connectivity index (χ0v) is 15.7. The number of carbonyl (C=O) groups is 2. The van der Waals surface area contributed by atoms with Crippen molar-refractivity contribution in [3.05, 3.63) is 29.3 Å². The number of nitrogens with one attached hydrogen (secondary N) is 1. The number of aliphatic hydroxyl groups is 2. The van der Waals surface area contributed by atoms with Crippen molar-refractivity contribution in [2.45, 2.75) is 45.0 Å². The molecule has 1 amide bonds. The van der Waals surface area contributed by atoms with Gasteiger partial charge in [0.25, 0.3) is 0 Å². The Morgan fingerprint density at radius 3 is 2.38 bits per heavy atom. The molecular formula is C18H27NO7. The molecule has 0 saturated carbocycles. The molecule has 146 valence electrons. The Kier molecular flexibility index (Phi) is 7.85. The first-order chi connectivity index (χ1) is 12.1. The highest BCUT2D eigenvalue weighted by molar-refractivity contribution is 5.89. The molecule has 0 fully saturated rings. The van der Waals surface area contributed by atoms with Gasteiger partial charge in [0.15, 0.2) is 0 Å². The summed E-state index contributed by atoms with van der Waals surface area (Å²) in [6.45, 7) is 5.36. The lowest BCUT2D eigenvalue weighted by Crippen LogP contribution is -2.34. The van der Waals surface area contributed by atoms with Crippen LogP contribution in [0.5, 0.6) is 5.75 Å². The summed E-state index contributed by atoms with van der Waals surface area (Å²) in [6, 6.07) is 4.38. The molecule has 0 aliphatic heterocycles. The van der Waals surface area contributed by atoms with Crippen LogP contribution < -0.4 is 10.1 Å². The fourth-order valence-electron chi connectivity index (χ4n) is 2.20. The smallest absolute Gasteiger partial charge is 0.407 e. The van der Waals surface area contributed by atoms with Crippen LogP contribution in [0.25, 0.3) is 0 Å². The van der Waals surface area contributed by atoms with Gasteiger partial charge in [0.2, 0.25) is 0 Å². The normalized spacial score (nSPS) is 13.5. The molecule has 0 aliphatic rings. The van der Waals surface area contributed by atoms with Gasteiger partial charge in [-0.1, -0.05) is 6.07 Å². The SMILES string of the molecule is COC(=O)c1ccc(C(O)C(O)CCNC(=O)OC(C)(C)C)c(OC)c1. The van der Waals surface area contributed by atoms with E-state index in [0.717, 1.165) is 0 Å². The topological polar surface area (TPSA) is 114 Å². The first-order valence-electron chi connectivity index (χ1n) is 8.18. The molecule has 2 unspecified atom stereocenters. The molecule has 0 saturated heterocycles. The molecule has 8 nitrogen and oxygen atoms in total. The van der Waals surface area contributed by atoms with Crippen LogP contribution >= 0.6 is 0 Å². The average Bonchev–Trinajstić information content (AvgIpc) is 2.58. The lowest BCUT2D eigenvalue weighted by Gasteiger charge is -2.22. The van der Waals surface area contributed by atoms with Gasteiger partial charge >= 0.3 is 12.1 Å². The second-order valence-corrected chi connectivity index (χ2v) is 6.68. The van der Waals surface area contributed by atoms with E-state index in [1.54, 1.807) is 20.8 Å². The third-order valence-electron chi connectivity index (χ3n) is 3.45. The number of hydrogen-bond donors (Lipinski definition) is 3. The summed E-state index contributed by atoms with van der Waals surface area (Å²) in [5.74, 6) is -0.286. The van der Waals surface area contributed by atoms with Crippen LogP contribution in [0.2, 0.25) is 0 Å². The van der Waals surface area contributed by atoms with Gasteiger partial charge in [-0.05, 0) is 39.3 Å². The van der Waals surface area contributed by atoms with E-state index >= 15 is 0 Å². The summed E-state index contributed by atoms with van der Waals surface area (Å²) in [5, 5.41) is 23.0. The van der Waals surface area contributed by atoms with Crippen LogP contribution in [0.15, 0.2) is 18.2 Å². The maximum absolute atomic E-state index is 11.6. The largest absolute Gasteiger partial charge is 0.496 e. The van der Waals surface area contributed by atoms with Crippen molar-refractivity contribution in [2.75, 3.05) is 20.8 Å². The average molecular weight is 369 g/mol. The van der Waals surface area contributed by atoms with Gasteiger partial charge in [-0.2, -0.15) is 0 Å². The van der Waals surface area contributed by atoms with E-state index in [1.807, 2.05) is 0 Å². The Morgan fingerprint density at radius 1 is 1.19 bits per heavy atom. The monoisotopic (exact) mass is 369 g/mol. The van der Waals surface area contributed by atoms with Gasteiger partial charge in [0, 0.05) is 12.1 Å². The van der Waals surface area contributed by atoms with Crippen molar-refractivity contribution in [3.63, 3.8) is 0 Å². The second-order valence-electron chi connectivity index (χ2n) is 6.68. The lowest BCUT2D eigenvalue weighted by molar-refractivity contribution is 0.0110. The van der Waals surface area contributed by atoms with Crippen LogP contribution in [-0.2, 0) is 9.47 Å². The van der Waals surface area contributed by atoms with Crippen LogP contribution in [0, 0.1) is 0 Å². The van der Waals surface area contributed by atoms with Gasteiger partial charge in [0.1, 0.15) is 17.5 Å². The van der Waals surface area contributed by atoms with Crippen LogP contribution in [0.3, 0.4) is 0 Å². The molecular weight excluding hydrogens is 342 g/mol. The highest BCUT2D eigenvalue weighted by Gasteiger charge is 2.23. The molecule has 1 rings (SSSR count). The van der Waals surface area contributed by atoms with Crippen molar-refractivity contribution in [1.82, 2.24) is 5.32 Å². The minimum atomic E-state index is -1.25. The number of amides is 1. The van der Waals surface area contributed by atoms with Gasteiger partial charge in [-0.3, -0.25) is 0 Å². The van der Waals surface area contributed by atoms with Crippen LogP contribution in [0.1, 0.15) is 49.2 Å². The lowest BCUT2D eigenvalue weighted by atomic mass is 9.99. The molecule has 0 bridgehead atoms. The zero-order valence-electron chi connectivity index (χ0n) is 15.7. The minimum Gasteiger partial charge on any atom is -0.496 e. The van der Waals surface area contributed by atoms with Gasteiger partial charge in [-0.25, -0.2) is 9.59 Å². The Labute approximate surface area is 153 Å². The minimum absolute atomic E-state index is 0.0995. The van der Waals surface area contributed by atoms with Crippen molar-refractivity contribution in [2.24, 2.45) is 0 Å². The van der Waals surface area contributed by atoms with E-state index in [0.29, 0.717) is 5.56 Å². The maximum Gasteiger partial charge on any atom is 0.407 e. The number of benzene rings is 1. The number of methoxy groups -OCH3 is 2. The Hall–Kier alpha value is -2.32. The molecule has 26 heavy (non-hydrogen) atoms. The summed E-state index contributed by atoms with van der Waals surface area (Å²) in [5.41, 5.74) is -0.0250. The number of rotatable bonds is 7. The summed E-state index contributed by atoms with van der Waals surface area (Å²) in [7, 11) is 2.65. The highest BCUT2D eigenvalue weighted by Crippen LogP contribution is 2.29. The molecule has 0 spiro atoms. The van der Waals surface area contributed by atoms with Crippen molar-refractivity contribution in [1.29, 1.82) is 0 Å². The molecule has 0 aliphatic carbocycles. The number of hydrogen-bond acceptors (Lipinski definition) is 7. The second kappa shape index (κ2) is 9.40. The number of aliphatic hydroxyl groups excluding tert-OH is 2. The van der Waals surface area contributed by atoms with E-state index in [1.165, 1.54) is 32.4 Å². The Balaban J connectivity index is 2.69. The van der Waals surface area contributed by atoms with E-state index in [2.05, 4.69) is 10.1 Å². The van der Waals surface area contributed by atoms with Crippen molar-refractivity contribution >= 4 is 12.1 Å². The van der Waals surface area contributed by atoms with E-state index < -0.39 is 29.9 Å². The summed E-state index contributed by atoms with van der Waals surface area (Å²) >= 11 is 0. The molecule has 2 atom stereocenters. The zero-order chi connectivity index (χ0) is 19.9. The van der Waals surface area contributed by atoms with Gasteiger partial charge < -0.3 is 29.7 Å². The third kappa shape index (κ3) is 6.53. The first kappa shape index (κ1) is 21.7. The van der Waals surface area contributed by atoms with Crippen molar-refractivity contribution < 1.29 is 34.0 Å². The first-order valence-corrected chi connectivity index (χ1v) is 8.18. The number of alkyl carbamates (subject to hydrolysis) is 1. The molecule has 3 N–H and O–H groups in total. The molecule has 0 aromatic heterocycles. The number of ether oxygens (including phenoxy) is 3. The van der Waals surface area contributed by atoms with Crippen LogP contribution in [-0.4, -0.2) is 54.7 Å². The number of carbonyl (C=O) groups excluding carboxylic acids is 2. The molecule has 0 radical (unpaired) electrons. The quantitative estimate of drug-likeness (QED) is 0.628. The predicted molar refractivity (Wildman–Crippen MR) is 94.2 cm³/mol.